The first-order valence-corrected chi connectivity index (χ1v) is 4.79. The molecule has 0 spiro atoms. The fraction of sp³-hybridized carbons (Fsp3) is 0.125. The summed E-state index contributed by atoms with van der Waals surface area (Å²) in [6, 6.07) is 1.64. The van der Waals surface area contributed by atoms with E-state index >= 15 is 0 Å². The summed E-state index contributed by atoms with van der Waals surface area (Å²) < 4.78 is 1.26. The molecule has 0 atom stereocenters. The summed E-state index contributed by atoms with van der Waals surface area (Å²) >= 11 is 6.38. The number of aldehydes is 1. The van der Waals surface area contributed by atoms with Gasteiger partial charge in [-0.3, -0.25) is 4.79 Å². The molecule has 2 nitrogen and oxygen atoms in total. The smallest absolute Gasteiger partial charge is 0.151 e. The molecule has 12 heavy (non-hydrogen) atoms. The number of hydrogen-bond acceptors (Lipinski definition) is 2. The average molecular weight is 294 g/mol. The quantitative estimate of drug-likeness (QED) is 0.808. The predicted octanol–water partition coefficient (Wildman–Crippen LogP) is 3.04. The van der Waals surface area contributed by atoms with E-state index in [1.807, 2.05) is 0 Å². The molecule has 4 heteroatoms. The van der Waals surface area contributed by atoms with Gasteiger partial charge in [-0.1, -0.05) is 15.9 Å². The molecule has 0 bridgehead atoms. The molecular weight excluding hydrogens is 288 g/mol. The molecule has 1 rings (SSSR count). The molecule has 1 N–H and O–H groups in total. The van der Waals surface area contributed by atoms with Crippen LogP contribution in [0.5, 0.6) is 5.75 Å². The fourth-order valence-corrected chi connectivity index (χ4v) is 2.34. The number of carbonyl (C=O) groups excluding carboxylic acids is 1. The molecule has 0 saturated carbocycles. The zero-order valence-corrected chi connectivity index (χ0v) is 9.44. The van der Waals surface area contributed by atoms with Crippen molar-refractivity contribution in [3.8, 4) is 5.75 Å². The normalized spacial score (nSPS) is 9.92. The van der Waals surface area contributed by atoms with Crippen LogP contribution in [0.3, 0.4) is 0 Å². The molecule has 0 saturated heterocycles. The van der Waals surface area contributed by atoms with Crippen LogP contribution in [-0.2, 0) is 0 Å². The molecule has 0 aliphatic heterocycles. The van der Waals surface area contributed by atoms with Gasteiger partial charge in [-0.05, 0) is 28.9 Å². The largest absolute Gasteiger partial charge is 0.506 e. The van der Waals surface area contributed by atoms with Crippen LogP contribution >= 0.6 is 31.9 Å². The maximum atomic E-state index is 10.6. The van der Waals surface area contributed by atoms with Crippen molar-refractivity contribution in [1.82, 2.24) is 0 Å². The van der Waals surface area contributed by atoms with Gasteiger partial charge in [0, 0.05) is 15.6 Å². The number of halogens is 2. The summed E-state index contributed by atoms with van der Waals surface area (Å²) in [5.41, 5.74) is 1.06. The zero-order chi connectivity index (χ0) is 9.30. The van der Waals surface area contributed by atoms with E-state index in [9.17, 15) is 9.90 Å². The molecule has 0 radical (unpaired) electrons. The lowest BCUT2D eigenvalue weighted by Gasteiger charge is -2.05. The SMILES string of the molecule is Cc1c(O)c(Br)cc(Br)c1C=O. The highest BCUT2D eigenvalue weighted by Crippen LogP contribution is 2.33. The first-order chi connectivity index (χ1) is 5.57. The van der Waals surface area contributed by atoms with Gasteiger partial charge in [-0.15, -0.1) is 0 Å². The highest BCUT2D eigenvalue weighted by Gasteiger charge is 2.10. The number of carbonyl (C=O) groups is 1. The fourth-order valence-electron chi connectivity index (χ4n) is 0.888. The lowest BCUT2D eigenvalue weighted by atomic mass is 10.1. The molecule has 0 aliphatic rings. The van der Waals surface area contributed by atoms with E-state index < -0.39 is 0 Å². The Hall–Kier alpha value is -0.350. The number of benzene rings is 1. The molecule has 0 aliphatic carbocycles. The standard InChI is InChI=1S/C8H6Br2O2/c1-4-5(3-11)6(9)2-7(10)8(4)12/h2-3,12H,1H3. The van der Waals surface area contributed by atoms with Crippen molar-refractivity contribution in [1.29, 1.82) is 0 Å². The monoisotopic (exact) mass is 292 g/mol. The van der Waals surface area contributed by atoms with Crippen molar-refractivity contribution in [3.05, 3.63) is 26.1 Å². The van der Waals surface area contributed by atoms with Gasteiger partial charge in [0.25, 0.3) is 0 Å². The third-order valence-corrected chi connectivity index (χ3v) is 2.87. The van der Waals surface area contributed by atoms with Gasteiger partial charge < -0.3 is 5.11 Å². The Morgan fingerprint density at radius 2 is 2.00 bits per heavy atom. The molecule has 0 unspecified atom stereocenters. The average Bonchev–Trinajstić information content (AvgIpc) is 2.01. The van der Waals surface area contributed by atoms with Crippen LogP contribution < -0.4 is 0 Å². The van der Waals surface area contributed by atoms with Crippen LogP contribution in [0.2, 0.25) is 0 Å². The summed E-state index contributed by atoms with van der Waals surface area (Å²) in [6.45, 7) is 1.69. The molecule has 0 fully saturated rings. The van der Waals surface area contributed by atoms with Gasteiger partial charge >= 0.3 is 0 Å². The first-order valence-electron chi connectivity index (χ1n) is 3.20. The maximum Gasteiger partial charge on any atom is 0.151 e. The van der Waals surface area contributed by atoms with Crippen LogP contribution in [-0.4, -0.2) is 11.4 Å². The molecule has 1 aromatic carbocycles. The maximum absolute atomic E-state index is 10.6. The Morgan fingerprint density at radius 1 is 1.42 bits per heavy atom. The van der Waals surface area contributed by atoms with E-state index in [0.717, 1.165) is 0 Å². The molecule has 64 valence electrons. The summed E-state index contributed by atoms with van der Waals surface area (Å²) in [4.78, 5) is 10.6. The topological polar surface area (TPSA) is 37.3 Å². The number of aromatic hydroxyl groups is 1. The number of rotatable bonds is 1. The van der Waals surface area contributed by atoms with Crippen LogP contribution in [0.25, 0.3) is 0 Å². The minimum atomic E-state index is 0.111. The summed E-state index contributed by atoms with van der Waals surface area (Å²) in [5, 5.41) is 9.42. The second kappa shape index (κ2) is 3.58. The number of hydrogen-bond donors (Lipinski definition) is 1. The van der Waals surface area contributed by atoms with Crippen LogP contribution in [0.15, 0.2) is 15.0 Å². The van der Waals surface area contributed by atoms with E-state index in [2.05, 4.69) is 31.9 Å². The third kappa shape index (κ3) is 1.54. The van der Waals surface area contributed by atoms with E-state index in [1.54, 1.807) is 13.0 Å². The van der Waals surface area contributed by atoms with Crippen LogP contribution in [0, 0.1) is 6.92 Å². The first kappa shape index (κ1) is 9.74. The molecule has 0 heterocycles. The van der Waals surface area contributed by atoms with Gasteiger partial charge in [-0.25, -0.2) is 0 Å². The van der Waals surface area contributed by atoms with Gasteiger partial charge in [0.15, 0.2) is 6.29 Å². The zero-order valence-electron chi connectivity index (χ0n) is 6.27. The van der Waals surface area contributed by atoms with Crippen molar-refractivity contribution in [2.45, 2.75) is 6.92 Å². The Balaban J connectivity index is 3.51. The Bertz CT molecular complexity index is 334. The predicted molar refractivity (Wildman–Crippen MR) is 53.6 cm³/mol. The number of phenolic OH excluding ortho intramolecular Hbond substituents is 1. The Labute approximate surface area is 86.9 Å². The lowest BCUT2D eigenvalue weighted by molar-refractivity contribution is 0.112. The Morgan fingerprint density at radius 3 is 2.50 bits per heavy atom. The third-order valence-electron chi connectivity index (χ3n) is 1.61. The van der Waals surface area contributed by atoms with Crippen molar-refractivity contribution in [2.75, 3.05) is 0 Å². The van der Waals surface area contributed by atoms with Gasteiger partial charge in [-0.2, -0.15) is 0 Å². The molecular formula is C8H6Br2O2. The lowest BCUT2D eigenvalue weighted by Crippen LogP contribution is -1.89. The second-order valence-corrected chi connectivity index (χ2v) is 4.05. The molecule has 1 aromatic rings. The summed E-state index contributed by atoms with van der Waals surface area (Å²) in [6.07, 6.45) is 0.714. The van der Waals surface area contributed by atoms with E-state index in [-0.39, 0.29) is 5.75 Å². The minimum absolute atomic E-state index is 0.111. The summed E-state index contributed by atoms with van der Waals surface area (Å²) in [5.74, 6) is 0.111. The van der Waals surface area contributed by atoms with E-state index in [4.69, 9.17) is 0 Å². The van der Waals surface area contributed by atoms with Crippen molar-refractivity contribution >= 4 is 38.1 Å². The van der Waals surface area contributed by atoms with Crippen molar-refractivity contribution in [2.24, 2.45) is 0 Å². The van der Waals surface area contributed by atoms with E-state index in [1.165, 1.54) is 0 Å². The highest BCUT2D eigenvalue weighted by molar-refractivity contribution is 9.11. The van der Waals surface area contributed by atoms with Gasteiger partial charge in [0.2, 0.25) is 0 Å². The van der Waals surface area contributed by atoms with Crippen LogP contribution in [0.1, 0.15) is 15.9 Å². The van der Waals surface area contributed by atoms with Gasteiger partial charge in [0.1, 0.15) is 5.75 Å². The van der Waals surface area contributed by atoms with Gasteiger partial charge in [0.05, 0.1) is 4.47 Å². The second-order valence-electron chi connectivity index (χ2n) is 2.35. The van der Waals surface area contributed by atoms with E-state index in [0.29, 0.717) is 26.4 Å². The molecule has 0 amide bonds. The highest BCUT2D eigenvalue weighted by atomic mass is 79.9. The van der Waals surface area contributed by atoms with Crippen LogP contribution in [0.4, 0.5) is 0 Å². The Kier molecular flexibility index (Phi) is 2.90. The summed E-state index contributed by atoms with van der Waals surface area (Å²) in [7, 11) is 0. The van der Waals surface area contributed by atoms with Crippen molar-refractivity contribution in [3.63, 3.8) is 0 Å². The molecule has 0 aromatic heterocycles. The minimum Gasteiger partial charge on any atom is -0.506 e. The number of phenols is 1. The van der Waals surface area contributed by atoms with Crippen molar-refractivity contribution < 1.29 is 9.90 Å².